The Kier molecular flexibility index (Phi) is 8.27. The Morgan fingerprint density at radius 3 is 1.68 bits per heavy atom. The van der Waals surface area contributed by atoms with Crippen LogP contribution in [0.1, 0.15) is 10.4 Å². The number of nitrogens with zero attached hydrogens (tertiary/aromatic N) is 1. The average Bonchev–Trinajstić information content (AvgIpc) is 2.45. The topological polar surface area (TPSA) is 155 Å². The summed E-state index contributed by atoms with van der Waals surface area (Å²) < 4.78 is 0. The van der Waals surface area contributed by atoms with Crippen molar-refractivity contribution in [3.05, 3.63) is 39.9 Å². The van der Waals surface area contributed by atoms with Gasteiger partial charge in [0, 0.05) is 6.07 Å². The van der Waals surface area contributed by atoms with E-state index in [2.05, 4.69) is 31.9 Å². The predicted molar refractivity (Wildman–Crippen MR) is 80.8 cm³/mol. The molecule has 1 aromatic carbocycles. The largest absolute Gasteiger partial charge is 0.480 e. The first-order valence-corrected chi connectivity index (χ1v) is 7.13. The standard InChI is InChI=1S/C7H5NO4.C4H4Br2O4/c9-7(10)5-3-1-2-4-6(5)8(11)12;5-1(3(7)8)2(6)4(9)10/h1-4H,(H,9,10);1-2H,(H,7,8)(H,9,10). The number of carboxylic acid groups (broad SMARTS) is 3. The number of para-hydroxylation sites is 1. The first-order valence-electron chi connectivity index (χ1n) is 5.30. The summed E-state index contributed by atoms with van der Waals surface area (Å²) in [5.74, 6) is -3.70. The molecule has 0 saturated heterocycles. The number of nitro benzene ring substituents is 1. The third-order valence-electron chi connectivity index (χ3n) is 2.06. The van der Waals surface area contributed by atoms with Crippen molar-refractivity contribution in [2.75, 3.05) is 0 Å². The summed E-state index contributed by atoms with van der Waals surface area (Å²) in [5, 5.41) is 35.3. The maximum absolute atomic E-state index is 10.4. The van der Waals surface area contributed by atoms with Gasteiger partial charge >= 0.3 is 17.9 Å². The molecule has 0 amide bonds. The van der Waals surface area contributed by atoms with Gasteiger partial charge in [0.1, 0.15) is 15.2 Å². The summed E-state index contributed by atoms with van der Waals surface area (Å²) in [5.41, 5.74) is -0.674. The number of alkyl halides is 2. The number of halogens is 2. The Morgan fingerprint density at radius 2 is 1.41 bits per heavy atom. The normalized spacial score (nSPS) is 12.3. The zero-order valence-corrected chi connectivity index (χ0v) is 13.7. The molecule has 0 aliphatic rings. The molecular formula is C11H9Br2NO8. The molecule has 0 aromatic heterocycles. The fraction of sp³-hybridized carbons (Fsp3) is 0.182. The summed E-state index contributed by atoms with van der Waals surface area (Å²) in [6, 6.07) is 5.21. The third kappa shape index (κ3) is 6.18. The Balaban J connectivity index is 0.000000409. The average molecular weight is 443 g/mol. The maximum Gasteiger partial charge on any atom is 0.342 e. The number of hydrogen-bond acceptors (Lipinski definition) is 5. The molecule has 3 N–H and O–H groups in total. The molecule has 2 unspecified atom stereocenters. The van der Waals surface area contributed by atoms with Crippen molar-refractivity contribution in [1.29, 1.82) is 0 Å². The molecule has 1 rings (SSSR count). The van der Waals surface area contributed by atoms with Crippen LogP contribution in [-0.4, -0.2) is 47.8 Å². The Morgan fingerprint density at radius 1 is 1.00 bits per heavy atom. The smallest absolute Gasteiger partial charge is 0.342 e. The van der Waals surface area contributed by atoms with Crippen LogP contribution < -0.4 is 0 Å². The monoisotopic (exact) mass is 441 g/mol. The number of nitro groups is 1. The third-order valence-corrected chi connectivity index (χ3v) is 4.61. The van der Waals surface area contributed by atoms with E-state index in [0.29, 0.717) is 0 Å². The zero-order valence-electron chi connectivity index (χ0n) is 10.6. The molecule has 2 atom stereocenters. The van der Waals surface area contributed by atoms with E-state index in [9.17, 15) is 24.5 Å². The van der Waals surface area contributed by atoms with E-state index >= 15 is 0 Å². The van der Waals surface area contributed by atoms with Gasteiger partial charge in [0.05, 0.1) is 4.92 Å². The van der Waals surface area contributed by atoms with Crippen LogP contribution in [0.2, 0.25) is 0 Å². The molecule has 1 aromatic rings. The number of aliphatic carboxylic acids is 2. The molecule has 0 bridgehead atoms. The summed E-state index contributed by atoms with van der Waals surface area (Å²) in [7, 11) is 0. The van der Waals surface area contributed by atoms with Crippen molar-refractivity contribution >= 4 is 55.5 Å². The van der Waals surface area contributed by atoms with Crippen LogP contribution in [0, 0.1) is 10.1 Å². The molecule has 11 heteroatoms. The van der Waals surface area contributed by atoms with Gasteiger partial charge in [0.2, 0.25) is 0 Å². The van der Waals surface area contributed by atoms with Crippen molar-refractivity contribution in [1.82, 2.24) is 0 Å². The fourth-order valence-corrected chi connectivity index (χ4v) is 1.52. The van der Waals surface area contributed by atoms with E-state index in [0.717, 1.165) is 6.07 Å². The highest BCUT2D eigenvalue weighted by Gasteiger charge is 2.28. The van der Waals surface area contributed by atoms with Gasteiger partial charge < -0.3 is 15.3 Å². The van der Waals surface area contributed by atoms with Gasteiger partial charge in [-0.25, -0.2) is 4.79 Å². The number of hydrogen-bond donors (Lipinski definition) is 3. The van der Waals surface area contributed by atoms with E-state index in [1.165, 1.54) is 18.2 Å². The van der Waals surface area contributed by atoms with Crippen molar-refractivity contribution < 1.29 is 34.6 Å². The summed E-state index contributed by atoms with van der Waals surface area (Å²) >= 11 is 5.36. The molecule has 120 valence electrons. The van der Waals surface area contributed by atoms with Crippen LogP contribution in [0.4, 0.5) is 5.69 Å². The van der Waals surface area contributed by atoms with E-state index in [1.54, 1.807) is 0 Å². The van der Waals surface area contributed by atoms with Crippen LogP contribution in [0.5, 0.6) is 0 Å². The van der Waals surface area contributed by atoms with Gasteiger partial charge in [-0.2, -0.15) is 0 Å². The lowest BCUT2D eigenvalue weighted by Gasteiger charge is -2.05. The van der Waals surface area contributed by atoms with Gasteiger partial charge in [-0.15, -0.1) is 0 Å². The second-order valence-electron chi connectivity index (χ2n) is 3.56. The number of carboxylic acids is 3. The minimum absolute atomic E-state index is 0.289. The fourth-order valence-electron chi connectivity index (χ4n) is 1.06. The highest BCUT2D eigenvalue weighted by Crippen LogP contribution is 2.16. The van der Waals surface area contributed by atoms with Crippen LogP contribution in [0.15, 0.2) is 24.3 Å². The zero-order chi connectivity index (χ0) is 17.4. The number of rotatable bonds is 5. The number of carbonyl (C=O) groups is 3. The van der Waals surface area contributed by atoms with Crippen molar-refractivity contribution in [2.24, 2.45) is 0 Å². The van der Waals surface area contributed by atoms with E-state index in [1.807, 2.05) is 0 Å². The lowest BCUT2D eigenvalue weighted by molar-refractivity contribution is -0.385. The Hall–Kier alpha value is -2.01. The Bertz CT molecular complexity index is 540. The summed E-state index contributed by atoms with van der Waals surface area (Å²) in [4.78, 5) is 38.0. The van der Waals surface area contributed by atoms with Crippen molar-refractivity contribution in [2.45, 2.75) is 9.65 Å². The van der Waals surface area contributed by atoms with Gasteiger partial charge in [-0.05, 0) is 6.07 Å². The highest BCUT2D eigenvalue weighted by molar-refractivity contribution is 9.12. The molecule has 22 heavy (non-hydrogen) atoms. The number of benzene rings is 1. The molecule has 0 aliphatic heterocycles. The van der Waals surface area contributed by atoms with E-state index < -0.39 is 32.5 Å². The van der Waals surface area contributed by atoms with Crippen LogP contribution in [-0.2, 0) is 9.59 Å². The minimum atomic E-state index is -1.29. The Labute approximate surface area is 140 Å². The first kappa shape index (κ1) is 20.0. The second-order valence-corrected chi connectivity index (χ2v) is 5.53. The molecule has 9 nitrogen and oxygen atoms in total. The van der Waals surface area contributed by atoms with Gasteiger partial charge in [0.25, 0.3) is 5.69 Å². The van der Waals surface area contributed by atoms with Gasteiger partial charge in [0.15, 0.2) is 0 Å². The summed E-state index contributed by atoms with van der Waals surface area (Å²) in [6.07, 6.45) is 0. The van der Waals surface area contributed by atoms with Crippen molar-refractivity contribution in [3.8, 4) is 0 Å². The molecule has 0 spiro atoms. The predicted octanol–water partition coefficient (Wildman–Crippen LogP) is 1.98. The molecule has 0 heterocycles. The van der Waals surface area contributed by atoms with Gasteiger partial charge in [-0.1, -0.05) is 44.0 Å². The minimum Gasteiger partial charge on any atom is -0.480 e. The van der Waals surface area contributed by atoms with E-state index in [-0.39, 0.29) is 11.3 Å². The maximum atomic E-state index is 10.4. The highest BCUT2D eigenvalue weighted by atomic mass is 79.9. The lowest BCUT2D eigenvalue weighted by Crippen LogP contribution is -2.30. The van der Waals surface area contributed by atoms with Crippen LogP contribution >= 0.6 is 31.9 Å². The van der Waals surface area contributed by atoms with Crippen LogP contribution in [0.25, 0.3) is 0 Å². The second kappa shape index (κ2) is 9.10. The van der Waals surface area contributed by atoms with Crippen LogP contribution in [0.3, 0.4) is 0 Å². The summed E-state index contributed by atoms with van der Waals surface area (Å²) in [6.45, 7) is 0. The first-order chi connectivity index (χ1) is 10.1. The van der Waals surface area contributed by atoms with Crippen molar-refractivity contribution in [3.63, 3.8) is 0 Å². The number of aromatic carboxylic acids is 1. The molecular weight excluding hydrogens is 434 g/mol. The molecule has 0 saturated carbocycles. The van der Waals surface area contributed by atoms with Gasteiger partial charge in [-0.3, -0.25) is 19.7 Å². The molecule has 0 radical (unpaired) electrons. The van der Waals surface area contributed by atoms with E-state index in [4.69, 9.17) is 15.3 Å². The quantitative estimate of drug-likeness (QED) is 0.355. The molecule has 0 fully saturated rings. The SMILES string of the molecule is O=C(O)C(Br)C(Br)C(=O)O.O=C(O)c1ccccc1[N+](=O)[O-]. The molecule has 0 aliphatic carbocycles. The lowest BCUT2D eigenvalue weighted by atomic mass is 10.2.